The summed E-state index contributed by atoms with van der Waals surface area (Å²) in [5.74, 6) is -0.332. The fourth-order valence-electron chi connectivity index (χ4n) is 3.49. The van der Waals surface area contributed by atoms with E-state index in [9.17, 15) is 4.79 Å². The lowest BCUT2D eigenvalue weighted by Gasteiger charge is -2.38. The van der Waals surface area contributed by atoms with E-state index in [0.29, 0.717) is 6.04 Å². The maximum atomic E-state index is 11.4. The molecule has 1 heterocycles. The van der Waals surface area contributed by atoms with Crippen LogP contribution in [-0.2, 0) is 4.79 Å². The molecule has 102 valence electrons. The first-order chi connectivity index (χ1) is 8.58. The summed E-state index contributed by atoms with van der Waals surface area (Å²) < 4.78 is 0. The van der Waals surface area contributed by atoms with Gasteiger partial charge in [0, 0.05) is 38.3 Å². The molecule has 0 radical (unpaired) electrons. The van der Waals surface area contributed by atoms with Crippen LogP contribution in [0.25, 0.3) is 0 Å². The molecule has 3 fully saturated rings. The topological polar surface area (TPSA) is 75.6 Å². The normalized spacial score (nSPS) is 39.1. The van der Waals surface area contributed by atoms with Crippen molar-refractivity contribution in [1.29, 1.82) is 0 Å². The van der Waals surface area contributed by atoms with Crippen molar-refractivity contribution >= 4 is 5.91 Å². The van der Waals surface area contributed by atoms with Gasteiger partial charge in [-0.05, 0) is 32.1 Å². The molecule has 0 bridgehead atoms. The monoisotopic (exact) mass is 252 g/mol. The minimum absolute atomic E-state index is 0.332. The smallest absolute Gasteiger partial charge is 0.237 e. The second-order valence-electron chi connectivity index (χ2n) is 6.22. The summed E-state index contributed by atoms with van der Waals surface area (Å²) in [7, 11) is 0. The molecule has 2 unspecified atom stereocenters. The molecular weight excluding hydrogens is 228 g/mol. The van der Waals surface area contributed by atoms with Gasteiger partial charge in [-0.15, -0.1) is 0 Å². The van der Waals surface area contributed by atoms with Gasteiger partial charge < -0.3 is 11.5 Å². The zero-order valence-corrected chi connectivity index (χ0v) is 11.0. The van der Waals surface area contributed by atoms with E-state index in [1.165, 1.54) is 25.9 Å². The zero-order chi connectivity index (χ0) is 12.8. The number of rotatable bonds is 3. The zero-order valence-electron chi connectivity index (χ0n) is 11.0. The minimum atomic E-state index is -0.752. The number of hydrogen-bond acceptors (Lipinski definition) is 4. The molecule has 5 nitrogen and oxygen atoms in total. The first kappa shape index (κ1) is 12.4. The van der Waals surface area contributed by atoms with Gasteiger partial charge in [0.25, 0.3) is 0 Å². The third-order valence-corrected chi connectivity index (χ3v) is 4.94. The van der Waals surface area contributed by atoms with Crippen molar-refractivity contribution in [2.45, 2.75) is 49.7 Å². The van der Waals surface area contributed by atoms with Gasteiger partial charge in [-0.25, -0.2) is 0 Å². The largest absolute Gasteiger partial charge is 0.368 e. The Morgan fingerprint density at radius 3 is 2.00 bits per heavy atom. The Morgan fingerprint density at radius 1 is 1.00 bits per heavy atom. The van der Waals surface area contributed by atoms with E-state index in [1.807, 2.05) is 0 Å². The van der Waals surface area contributed by atoms with E-state index in [4.69, 9.17) is 11.5 Å². The van der Waals surface area contributed by atoms with Gasteiger partial charge in [-0.2, -0.15) is 0 Å². The first-order valence-corrected chi connectivity index (χ1v) is 7.15. The van der Waals surface area contributed by atoms with Gasteiger partial charge in [0.05, 0.1) is 5.54 Å². The molecule has 18 heavy (non-hydrogen) atoms. The van der Waals surface area contributed by atoms with Crippen molar-refractivity contribution in [2.24, 2.45) is 11.5 Å². The van der Waals surface area contributed by atoms with Crippen molar-refractivity contribution < 1.29 is 4.79 Å². The molecule has 2 saturated carbocycles. The minimum Gasteiger partial charge on any atom is -0.368 e. The summed E-state index contributed by atoms with van der Waals surface area (Å²) in [6.45, 7) is 4.59. The van der Waals surface area contributed by atoms with Crippen LogP contribution in [0, 0.1) is 0 Å². The summed E-state index contributed by atoms with van der Waals surface area (Å²) in [6, 6.07) is 1.33. The predicted molar refractivity (Wildman–Crippen MR) is 69.9 cm³/mol. The van der Waals surface area contributed by atoms with Crippen molar-refractivity contribution in [1.82, 2.24) is 9.80 Å². The molecule has 0 spiro atoms. The van der Waals surface area contributed by atoms with Crippen LogP contribution in [0.1, 0.15) is 32.1 Å². The van der Waals surface area contributed by atoms with Gasteiger partial charge in [-0.1, -0.05) is 0 Å². The van der Waals surface area contributed by atoms with E-state index >= 15 is 0 Å². The van der Waals surface area contributed by atoms with Crippen molar-refractivity contribution in [3.8, 4) is 0 Å². The Labute approximate surface area is 108 Å². The van der Waals surface area contributed by atoms with Gasteiger partial charge in [-0.3, -0.25) is 14.6 Å². The molecule has 2 atom stereocenters. The Kier molecular flexibility index (Phi) is 3.08. The van der Waals surface area contributed by atoms with E-state index in [2.05, 4.69) is 9.80 Å². The van der Waals surface area contributed by atoms with E-state index in [0.717, 1.165) is 38.4 Å². The standard InChI is InChI=1S/C13H24N4O/c14-12(18)13(15)4-3-11(9-13)17-7-5-16(6-8-17)10-1-2-10/h10-11H,1-9,15H2,(H2,14,18). The molecule has 3 rings (SSSR count). The Balaban J connectivity index is 1.53. The number of carbonyl (C=O) groups excluding carboxylic acids is 1. The van der Waals surface area contributed by atoms with Crippen LogP contribution < -0.4 is 11.5 Å². The SMILES string of the molecule is NC(=O)C1(N)CCC(N2CCN(C3CC3)CC2)C1. The third-order valence-electron chi connectivity index (χ3n) is 4.94. The molecular formula is C13H24N4O. The maximum absolute atomic E-state index is 11.4. The second kappa shape index (κ2) is 4.47. The quantitative estimate of drug-likeness (QED) is 0.710. The molecule has 1 amide bonds. The number of carbonyl (C=O) groups is 1. The van der Waals surface area contributed by atoms with Crippen LogP contribution in [0.2, 0.25) is 0 Å². The lowest BCUT2D eigenvalue weighted by molar-refractivity contribution is -0.123. The Hall–Kier alpha value is -0.650. The van der Waals surface area contributed by atoms with Crippen molar-refractivity contribution in [3.63, 3.8) is 0 Å². The number of piperazine rings is 1. The highest BCUT2D eigenvalue weighted by atomic mass is 16.1. The molecule has 2 aliphatic carbocycles. The maximum Gasteiger partial charge on any atom is 0.237 e. The summed E-state index contributed by atoms with van der Waals surface area (Å²) in [4.78, 5) is 16.5. The molecule has 1 aliphatic heterocycles. The second-order valence-corrected chi connectivity index (χ2v) is 6.22. The van der Waals surface area contributed by atoms with Gasteiger partial charge in [0.2, 0.25) is 5.91 Å². The number of hydrogen-bond donors (Lipinski definition) is 2. The summed E-state index contributed by atoms with van der Waals surface area (Å²) in [5, 5.41) is 0. The van der Waals surface area contributed by atoms with Crippen LogP contribution in [0.4, 0.5) is 0 Å². The lowest BCUT2D eigenvalue weighted by atomic mass is 9.98. The van der Waals surface area contributed by atoms with Gasteiger partial charge in [0.1, 0.15) is 0 Å². The summed E-state index contributed by atoms with van der Waals surface area (Å²) in [6.07, 6.45) is 5.28. The Morgan fingerprint density at radius 2 is 1.56 bits per heavy atom. The number of nitrogens with zero attached hydrogens (tertiary/aromatic N) is 2. The van der Waals surface area contributed by atoms with Crippen LogP contribution in [0.3, 0.4) is 0 Å². The fourth-order valence-corrected chi connectivity index (χ4v) is 3.49. The highest BCUT2D eigenvalue weighted by molar-refractivity contribution is 5.84. The number of amides is 1. The molecule has 4 N–H and O–H groups in total. The van der Waals surface area contributed by atoms with E-state index in [1.54, 1.807) is 0 Å². The number of primary amides is 1. The predicted octanol–water partition coefficient (Wildman–Crippen LogP) is -0.498. The average Bonchev–Trinajstić information content (AvgIpc) is 3.13. The molecule has 3 aliphatic rings. The highest BCUT2D eigenvalue weighted by Crippen LogP contribution is 2.33. The molecule has 1 saturated heterocycles. The molecule has 0 aromatic rings. The Bertz CT molecular complexity index is 336. The van der Waals surface area contributed by atoms with Gasteiger partial charge in [0.15, 0.2) is 0 Å². The van der Waals surface area contributed by atoms with Crippen LogP contribution >= 0.6 is 0 Å². The van der Waals surface area contributed by atoms with Crippen molar-refractivity contribution in [3.05, 3.63) is 0 Å². The summed E-state index contributed by atoms with van der Waals surface area (Å²) >= 11 is 0. The molecule has 0 aromatic carbocycles. The third kappa shape index (κ3) is 2.27. The molecule has 0 aromatic heterocycles. The van der Waals surface area contributed by atoms with Gasteiger partial charge >= 0.3 is 0 Å². The van der Waals surface area contributed by atoms with Crippen LogP contribution in [0.15, 0.2) is 0 Å². The fraction of sp³-hybridized carbons (Fsp3) is 0.923. The highest BCUT2D eigenvalue weighted by Gasteiger charge is 2.43. The average molecular weight is 252 g/mol. The van der Waals surface area contributed by atoms with E-state index < -0.39 is 5.54 Å². The van der Waals surface area contributed by atoms with E-state index in [-0.39, 0.29) is 5.91 Å². The van der Waals surface area contributed by atoms with Crippen LogP contribution in [-0.4, -0.2) is 59.5 Å². The first-order valence-electron chi connectivity index (χ1n) is 7.15. The lowest BCUT2D eigenvalue weighted by Crippen LogP contribution is -2.53. The van der Waals surface area contributed by atoms with Crippen molar-refractivity contribution in [2.75, 3.05) is 26.2 Å². The van der Waals surface area contributed by atoms with Crippen LogP contribution in [0.5, 0.6) is 0 Å². The summed E-state index contributed by atoms with van der Waals surface area (Å²) in [5.41, 5.74) is 10.7. The molecule has 5 heteroatoms. The number of nitrogens with two attached hydrogens (primary N) is 2.